The van der Waals surface area contributed by atoms with Crippen molar-refractivity contribution in [3.63, 3.8) is 0 Å². The maximum absolute atomic E-state index is 7.33. The third-order valence-corrected chi connectivity index (χ3v) is 2.32. The van der Waals surface area contributed by atoms with Crippen LogP contribution in [-0.2, 0) is 0 Å². The fourth-order valence-electron chi connectivity index (χ4n) is 1.82. The highest BCUT2D eigenvalue weighted by atomic mass is 14.2. The standard InChI is InChI=1S/C10H16/c1-9(2)8-10-6-4-3-5-7-10/h10H,3-8H2,1H3. The highest BCUT2D eigenvalue weighted by Gasteiger charge is 2.12. The molecule has 0 bridgehead atoms. The Hall–Kier alpha value is -0.260. The fourth-order valence-corrected chi connectivity index (χ4v) is 1.82. The van der Waals surface area contributed by atoms with Gasteiger partial charge in [0, 0.05) is 0 Å². The van der Waals surface area contributed by atoms with E-state index in [0.717, 1.165) is 17.9 Å². The van der Waals surface area contributed by atoms with Gasteiger partial charge in [0.05, 0.1) is 0 Å². The first-order valence-corrected chi connectivity index (χ1v) is 4.33. The molecule has 0 N–H and O–H groups in total. The molecule has 56 valence electrons. The summed E-state index contributed by atoms with van der Waals surface area (Å²) in [5.74, 6) is 0.853. The molecule has 0 saturated heterocycles. The van der Waals surface area contributed by atoms with Crippen LogP contribution in [-0.4, -0.2) is 0 Å². The van der Waals surface area contributed by atoms with Gasteiger partial charge >= 0.3 is 0 Å². The molecule has 1 saturated carbocycles. The van der Waals surface area contributed by atoms with E-state index in [1.807, 2.05) is 6.92 Å². The molecular weight excluding hydrogens is 120 g/mol. The third-order valence-electron chi connectivity index (χ3n) is 2.32. The Morgan fingerprint density at radius 1 is 1.30 bits per heavy atom. The second-order valence-electron chi connectivity index (χ2n) is 3.49. The van der Waals surface area contributed by atoms with E-state index in [1.165, 1.54) is 32.1 Å². The van der Waals surface area contributed by atoms with Crippen LogP contribution < -0.4 is 0 Å². The average molecular weight is 136 g/mol. The van der Waals surface area contributed by atoms with Crippen molar-refractivity contribution in [1.82, 2.24) is 0 Å². The highest BCUT2D eigenvalue weighted by molar-refractivity contribution is 4.88. The summed E-state index contributed by atoms with van der Waals surface area (Å²) in [6.45, 7) is 9.26. The van der Waals surface area contributed by atoms with E-state index in [2.05, 4.69) is 0 Å². The van der Waals surface area contributed by atoms with Gasteiger partial charge in [-0.2, -0.15) is 0 Å². The Balaban J connectivity index is 2.19. The molecule has 0 aromatic rings. The predicted molar refractivity (Wildman–Crippen MR) is 43.6 cm³/mol. The first-order chi connectivity index (χ1) is 4.79. The number of allylic oxidation sites excluding steroid dienone is 1. The lowest BCUT2D eigenvalue weighted by molar-refractivity contribution is 0.356. The Morgan fingerprint density at radius 2 is 1.90 bits per heavy atom. The van der Waals surface area contributed by atoms with Gasteiger partial charge in [0.2, 0.25) is 0 Å². The molecule has 1 aliphatic rings. The summed E-state index contributed by atoms with van der Waals surface area (Å²) < 4.78 is 0. The molecule has 0 aliphatic heterocycles. The molecule has 1 aliphatic carbocycles. The lowest BCUT2D eigenvalue weighted by atomic mass is 9.85. The van der Waals surface area contributed by atoms with Crippen LogP contribution in [0.5, 0.6) is 0 Å². The second-order valence-corrected chi connectivity index (χ2v) is 3.49. The molecule has 0 atom stereocenters. The zero-order chi connectivity index (χ0) is 7.40. The summed E-state index contributed by atoms with van der Waals surface area (Å²) in [6.07, 6.45) is 8.02. The van der Waals surface area contributed by atoms with Gasteiger partial charge in [0.1, 0.15) is 0 Å². The van der Waals surface area contributed by atoms with Crippen LogP contribution in [0.4, 0.5) is 0 Å². The molecule has 0 spiro atoms. The lowest BCUT2D eigenvalue weighted by Gasteiger charge is -2.20. The smallest absolute Gasteiger partial charge is 0.0111 e. The van der Waals surface area contributed by atoms with Crippen molar-refractivity contribution >= 4 is 0 Å². The Labute approximate surface area is 64.3 Å². The van der Waals surface area contributed by atoms with Crippen molar-refractivity contribution < 1.29 is 0 Å². The van der Waals surface area contributed by atoms with Gasteiger partial charge in [-0.15, -0.1) is 0 Å². The van der Waals surface area contributed by atoms with Crippen molar-refractivity contribution in [1.29, 1.82) is 0 Å². The van der Waals surface area contributed by atoms with Crippen LogP contribution in [0.3, 0.4) is 0 Å². The quantitative estimate of drug-likeness (QED) is 0.546. The van der Waals surface area contributed by atoms with Gasteiger partial charge in [0.25, 0.3) is 0 Å². The molecule has 0 aromatic carbocycles. The minimum Gasteiger partial charge on any atom is -0.0646 e. The topological polar surface area (TPSA) is 0 Å². The van der Waals surface area contributed by atoms with E-state index in [9.17, 15) is 0 Å². The zero-order valence-corrected chi connectivity index (χ0v) is 6.82. The Morgan fingerprint density at radius 3 is 2.40 bits per heavy atom. The zero-order valence-electron chi connectivity index (χ0n) is 6.82. The second kappa shape index (κ2) is 3.80. The number of hydrogen-bond acceptors (Lipinski definition) is 0. The van der Waals surface area contributed by atoms with Crippen molar-refractivity contribution in [2.75, 3.05) is 0 Å². The molecule has 0 heterocycles. The minimum absolute atomic E-state index is 0.853. The van der Waals surface area contributed by atoms with E-state index in [4.69, 9.17) is 6.58 Å². The van der Waals surface area contributed by atoms with Crippen molar-refractivity contribution in [3.8, 4) is 0 Å². The largest absolute Gasteiger partial charge is 0.0646 e. The van der Waals surface area contributed by atoms with E-state index < -0.39 is 0 Å². The van der Waals surface area contributed by atoms with E-state index in [0.29, 0.717) is 0 Å². The summed E-state index contributed by atoms with van der Waals surface area (Å²) >= 11 is 0. The Kier molecular flexibility index (Phi) is 2.98. The van der Waals surface area contributed by atoms with Crippen LogP contribution in [0.1, 0.15) is 45.4 Å². The fraction of sp³-hybridized carbons (Fsp3) is 0.800. The minimum atomic E-state index is 0.853. The monoisotopic (exact) mass is 136 g/mol. The summed E-state index contributed by atoms with van der Waals surface area (Å²) in [4.78, 5) is 0. The van der Waals surface area contributed by atoms with Gasteiger partial charge in [-0.05, 0) is 25.8 Å². The van der Waals surface area contributed by atoms with Crippen LogP contribution in [0, 0.1) is 12.5 Å². The molecule has 0 unspecified atom stereocenters. The van der Waals surface area contributed by atoms with Gasteiger partial charge in [-0.3, -0.25) is 0 Å². The molecule has 10 heavy (non-hydrogen) atoms. The predicted octanol–water partition coefficient (Wildman–Crippen LogP) is 3.21. The summed E-state index contributed by atoms with van der Waals surface area (Å²) in [7, 11) is 0. The van der Waals surface area contributed by atoms with Crippen molar-refractivity contribution in [3.05, 3.63) is 12.2 Å². The molecule has 0 heteroatoms. The number of hydrogen-bond donors (Lipinski definition) is 0. The van der Waals surface area contributed by atoms with Gasteiger partial charge in [-0.25, -0.2) is 0 Å². The maximum Gasteiger partial charge on any atom is -0.0111 e. The molecule has 0 amide bonds. The van der Waals surface area contributed by atoms with Crippen LogP contribution in [0.2, 0.25) is 0 Å². The summed E-state index contributed by atoms with van der Waals surface area (Å²) in [5.41, 5.74) is 0.868. The van der Waals surface area contributed by atoms with Gasteiger partial charge in [0.15, 0.2) is 0 Å². The first kappa shape index (κ1) is 7.84. The van der Waals surface area contributed by atoms with Crippen molar-refractivity contribution in [2.24, 2.45) is 5.92 Å². The summed E-state index contributed by atoms with van der Waals surface area (Å²) in [6, 6.07) is 0. The SMILES string of the molecule is [C]=C(C)CC1CCCCC1. The molecular formula is C10H16. The Bertz CT molecular complexity index is 107. The normalized spacial score (nSPS) is 20.9. The first-order valence-electron chi connectivity index (χ1n) is 4.33. The molecule has 0 aromatic heterocycles. The van der Waals surface area contributed by atoms with Crippen LogP contribution >= 0.6 is 0 Å². The van der Waals surface area contributed by atoms with E-state index in [-0.39, 0.29) is 0 Å². The molecule has 1 fully saturated rings. The third kappa shape index (κ3) is 2.55. The van der Waals surface area contributed by atoms with Gasteiger partial charge < -0.3 is 0 Å². The van der Waals surface area contributed by atoms with E-state index >= 15 is 0 Å². The number of rotatable bonds is 2. The maximum atomic E-state index is 7.33. The van der Waals surface area contributed by atoms with Crippen LogP contribution in [0.15, 0.2) is 5.57 Å². The van der Waals surface area contributed by atoms with Gasteiger partial charge in [-0.1, -0.05) is 37.7 Å². The molecule has 2 radical (unpaired) electrons. The molecule has 0 nitrogen and oxygen atoms in total. The highest BCUT2D eigenvalue weighted by Crippen LogP contribution is 2.27. The molecule has 1 rings (SSSR count). The average Bonchev–Trinajstić information content (AvgIpc) is 1.88. The lowest BCUT2D eigenvalue weighted by Crippen LogP contribution is -2.05. The van der Waals surface area contributed by atoms with E-state index in [1.54, 1.807) is 0 Å². The van der Waals surface area contributed by atoms with Crippen molar-refractivity contribution in [2.45, 2.75) is 45.4 Å². The van der Waals surface area contributed by atoms with Crippen LogP contribution in [0.25, 0.3) is 0 Å². The summed E-state index contributed by atoms with van der Waals surface area (Å²) in [5, 5.41) is 0.